The van der Waals surface area contributed by atoms with Gasteiger partial charge in [0.05, 0.1) is 24.0 Å². The molecule has 4 nitrogen and oxygen atoms in total. The Balaban J connectivity index is 2.45. The second-order valence-electron chi connectivity index (χ2n) is 3.47. The molecule has 0 amide bonds. The Morgan fingerprint density at radius 1 is 1.44 bits per heavy atom. The molecule has 2 aromatic rings. The Bertz CT molecular complexity index is 521. The molecule has 0 aliphatic rings. The predicted molar refractivity (Wildman–Crippen MR) is 63.4 cm³/mol. The van der Waals surface area contributed by atoms with Crippen molar-refractivity contribution in [3.63, 3.8) is 0 Å². The maximum absolute atomic E-state index is 11.1. The average molecular weight is 280 g/mol. The zero-order chi connectivity index (χ0) is 11.5. The molecular formula is C11H10BrN3O. The van der Waals surface area contributed by atoms with Crippen molar-refractivity contribution >= 4 is 21.7 Å². The molecule has 0 fully saturated rings. The number of halogens is 1. The van der Waals surface area contributed by atoms with E-state index in [1.54, 1.807) is 17.8 Å². The van der Waals surface area contributed by atoms with E-state index in [4.69, 9.17) is 0 Å². The molecule has 82 valence electrons. The third-order valence-electron chi connectivity index (χ3n) is 2.13. The summed E-state index contributed by atoms with van der Waals surface area (Å²) in [5, 5.41) is 7.82. The normalized spacial score (nSPS) is 10.4. The van der Waals surface area contributed by atoms with Crippen LogP contribution in [0.5, 0.6) is 0 Å². The van der Waals surface area contributed by atoms with Gasteiger partial charge in [-0.05, 0) is 35.0 Å². The number of hydrogen-bond acceptors (Lipinski definition) is 3. The van der Waals surface area contributed by atoms with Gasteiger partial charge in [0, 0.05) is 4.47 Å². The number of aromatic nitrogens is 3. The van der Waals surface area contributed by atoms with Crippen LogP contribution in [-0.4, -0.2) is 20.8 Å². The molecule has 0 bridgehead atoms. The van der Waals surface area contributed by atoms with Crippen LogP contribution in [0.1, 0.15) is 12.6 Å². The largest absolute Gasteiger partial charge is 0.300 e. The summed E-state index contributed by atoms with van der Waals surface area (Å²) in [5.41, 5.74) is 1.68. The predicted octanol–water partition coefficient (Wildman–Crippen LogP) is 2.16. The Morgan fingerprint density at radius 2 is 2.19 bits per heavy atom. The van der Waals surface area contributed by atoms with Crippen LogP contribution in [0, 0.1) is 0 Å². The molecule has 5 heteroatoms. The summed E-state index contributed by atoms with van der Waals surface area (Å²) in [6, 6.07) is 7.69. The van der Waals surface area contributed by atoms with Crippen LogP contribution >= 0.6 is 15.9 Å². The lowest BCUT2D eigenvalue weighted by Crippen LogP contribution is -2.06. The first-order valence-corrected chi connectivity index (χ1v) is 5.61. The number of carbonyl (C=O) groups excluding carboxylic acids is 1. The van der Waals surface area contributed by atoms with Gasteiger partial charge in [-0.3, -0.25) is 4.79 Å². The number of Topliss-reactive ketones (excluding diaryl/α,β-unsaturated/α-hetero) is 1. The molecule has 0 N–H and O–H groups in total. The highest BCUT2D eigenvalue weighted by Gasteiger charge is 2.10. The van der Waals surface area contributed by atoms with Crippen LogP contribution in [-0.2, 0) is 11.2 Å². The molecule has 2 rings (SSSR count). The quantitative estimate of drug-likeness (QED) is 0.865. The topological polar surface area (TPSA) is 47.8 Å². The number of ketones is 1. The molecule has 0 unspecified atom stereocenters. The minimum absolute atomic E-state index is 0.0932. The van der Waals surface area contributed by atoms with Crippen LogP contribution in [0.4, 0.5) is 0 Å². The van der Waals surface area contributed by atoms with Gasteiger partial charge in [0.1, 0.15) is 5.78 Å². The summed E-state index contributed by atoms with van der Waals surface area (Å²) < 4.78 is 2.59. The van der Waals surface area contributed by atoms with Crippen LogP contribution in [0.3, 0.4) is 0 Å². The molecule has 16 heavy (non-hydrogen) atoms. The molecule has 0 aliphatic heterocycles. The van der Waals surface area contributed by atoms with Crippen molar-refractivity contribution in [1.29, 1.82) is 0 Å². The average Bonchev–Trinajstić information content (AvgIpc) is 2.66. The van der Waals surface area contributed by atoms with Crippen molar-refractivity contribution in [2.45, 2.75) is 13.3 Å². The fourth-order valence-electron chi connectivity index (χ4n) is 1.46. The van der Waals surface area contributed by atoms with Gasteiger partial charge in [0.25, 0.3) is 0 Å². The number of nitrogens with zero attached hydrogens (tertiary/aromatic N) is 3. The van der Waals surface area contributed by atoms with Crippen LogP contribution in [0.25, 0.3) is 5.69 Å². The summed E-state index contributed by atoms with van der Waals surface area (Å²) in [7, 11) is 0. The second kappa shape index (κ2) is 4.57. The van der Waals surface area contributed by atoms with E-state index in [2.05, 4.69) is 26.2 Å². The van der Waals surface area contributed by atoms with Gasteiger partial charge >= 0.3 is 0 Å². The van der Waals surface area contributed by atoms with Crippen molar-refractivity contribution in [1.82, 2.24) is 15.0 Å². The molecule has 0 radical (unpaired) electrons. The van der Waals surface area contributed by atoms with Crippen molar-refractivity contribution < 1.29 is 4.79 Å². The van der Waals surface area contributed by atoms with E-state index in [1.165, 1.54) is 0 Å². The Kier molecular flexibility index (Phi) is 3.14. The Hall–Kier alpha value is -1.49. The second-order valence-corrected chi connectivity index (χ2v) is 4.32. The molecular weight excluding hydrogens is 270 g/mol. The van der Waals surface area contributed by atoms with Crippen LogP contribution in [0.2, 0.25) is 0 Å². The van der Waals surface area contributed by atoms with E-state index in [0.29, 0.717) is 6.42 Å². The monoisotopic (exact) mass is 279 g/mol. The lowest BCUT2D eigenvalue weighted by atomic mass is 10.2. The molecule has 0 atom stereocenters. The van der Waals surface area contributed by atoms with Gasteiger partial charge < -0.3 is 0 Å². The Morgan fingerprint density at radius 3 is 2.88 bits per heavy atom. The first-order valence-electron chi connectivity index (χ1n) is 4.82. The highest BCUT2D eigenvalue weighted by molar-refractivity contribution is 9.10. The maximum Gasteiger partial charge on any atom is 0.135 e. The minimum atomic E-state index is 0.0932. The maximum atomic E-state index is 11.1. The number of para-hydroxylation sites is 1. The minimum Gasteiger partial charge on any atom is -0.300 e. The third kappa shape index (κ3) is 2.19. The van der Waals surface area contributed by atoms with Gasteiger partial charge in [-0.2, -0.15) is 0 Å². The number of hydrogen-bond donors (Lipinski definition) is 0. The number of rotatable bonds is 3. The highest BCUT2D eigenvalue weighted by Crippen LogP contribution is 2.20. The molecule has 1 heterocycles. The molecule has 0 saturated carbocycles. The van der Waals surface area contributed by atoms with Crippen molar-refractivity contribution in [2.24, 2.45) is 0 Å². The van der Waals surface area contributed by atoms with Crippen molar-refractivity contribution in [3.8, 4) is 5.69 Å². The first-order chi connectivity index (χ1) is 7.68. The van der Waals surface area contributed by atoms with Gasteiger partial charge in [0.2, 0.25) is 0 Å². The summed E-state index contributed by atoms with van der Waals surface area (Å²) in [6.45, 7) is 1.55. The molecule has 1 aromatic carbocycles. The fraction of sp³-hybridized carbons (Fsp3) is 0.182. The van der Waals surface area contributed by atoms with Crippen LogP contribution < -0.4 is 0 Å². The smallest absolute Gasteiger partial charge is 0.135 e. The molecule has 0 aliphatic carbocycles. The lowest BCUT2D eigenvalue weighted by molar-refractivity contribution is -0.116. The van der Waals surface area contributed by atoms with Crippen LogP contribution in [0.15, 0.2) is 34.9 Å². The highest BCUT2D eigenvalue weighted by atomic mass is 79.9. The van der Waals surface area contributed by atoms with E-state index in [0.717, 1.165) is 15.9 Å². The van der Waals surface area contributed by atoms with E-state index >= 15 is 0 Å². The zero-order valence-electron chi connectivity index (χ0n) is 8.72. The first kappa shape index (κ1) is 11.0. The third-order valence-corrected chi connectivity index (χ3v) is 2.80. The van der Waals surface area contributed by atoms with Gasteiger partial charge in [-0.15, -0.1) is 5.10 Å². The molecule has 0 spiro atoms. The number of benzene rings is 1. The standard InChI is InChI=1S/C11H10BrN3O/c1-8(16)6-9-7-13-14-15(9)11-5-3-2-4-10(11)12/h2-5,7H,6H2,1H3. The van der Waals surface area contributed by atoms with E-state index in [1.807, 2.05) is 24.3 Å². The zero-order valence-corrected chi connectivity index (χ0v) is 10.3. The summed E-state index contributed by atoms with van der Waals surface area (Å²) in [5.74, 6) is 0.0932. The van der Waals surface area contributed by atoms with E-state index in [9.17, 15) is 4.79 Å². The lowest BCUT2D eigenvalue weighted by Gasteiger charge is -2.06. The van der Waals surface area contributed by atoms with E-state index < -0.39 is 0 Å². The van der Waals surface area contributed by atoms with Gasteiger partial charge in [-0.1, -0.05) is 17.3 Å². The molecule has 1 aromatic heterocycles. The summed E-state index contributed by atoms with van der Waals surface area (Å²) >= 11 is 3.44. The van der Waals surface area contributed by atoms with Crippen molar-refractivity contribution in [3.05, 3.63) is 40.6 Å². The molecule has 0 saturated heterocycles. The Labute approximate surface area is 101 Å². The van der Waals surface area contributed by atoms with Crippen molar-refractivity contribution in [2.75, 3.05) is 0 Å². The number of carbonyl (C=O) groups is 1. The fourth-order valence-corrected chi connectivity index (χ4v) is 1.91. The SMILES string of the molecule is CC(=O)Cc1cnnn1-c1ccccc1Br. The van der Waals surface area contributed by atoms with Gasteiger partial charge in [-0.25, -0.2) is 4.68 Å². The van der Waals surface area contributed by atoms with Gasteiger partial charge in [0.15, 0.2) is 0 Å². The summed E-state index contributed by atoms with van der Waals surface area (Å²) in [4.78, 5) is 11.1. The van der Waals surface area contributed by atoms with E-state index in [-0.39, 0.29) is 5.78 Å². The summed E-state index contributed by atoms with van der Waals surface area (Å²) in [6.07, 6.45) is 1.95.